The summed E-state index contributed by atoms with van der Waals surface area (Å²) in [5, 5.41) is 0. The van der Waals surface area contributed by atoms with Gasteiger partial charge in [0, 0.05) is 13.0 Å². The third kappa shape index (κ3) is 6.70. The minimum atomic E-state index is -1.30. The fourth-order valence-corrected chi connectivity index (χ4v) is 1.13. The highest BCUT2D eigenvalue weighted by atomic mass is 19.1. The molecule has 2 nitrogen and oxygen atoms in total. The zero-order valence-corrected chi connectivity index (χ0v) is 8.85. The van der Waals surface area contributed by atoms with E-state index >= 15 is 0 Å². The second-order valence-electron chi connectivity index (χ2n) is 3.65. The van der Waals surface area contributed by atoms with E-state index in [0.717, 1.165) is 19.3 Å². The molecule has 0 heterocycles. The van der Waals surface area contributed by atoms with E-state index in [1.165, 1.54) is 0 Å². The van der Waals surface area contributed by atoms with Crippen molar-refractivity contribution in [1.29, 1.82) is 0 Å². The van der Waals surface area contributed by atoms with Crippen molar-refractivity contribution in [2.24, 2.45) is 0 Å². The first-order valence-corrected chi connectivity index (χ1v) is 4.89. The van der Waals surface area contributed by atoms with Crippen LogP contribution in [0.4, 0.5) is 4.39 Å². The Labute approximate surface area is 80.1 Å². The van der Waals surface area contributed by atoms with E-state index in [-0.39, 0.29) is 12.3 Å². The first-order valence-electron chi connectivity index (χ1n) is 4.89. The van der Waals surface area contributed by atoms with Gasteiger partial charge in [-0.3, -0.25) is 4.79 Å². The Morgan fingerprint density at radius 2 is 2.00 bits per heavy atom. The highest BCUT2D eigenvalue weighted by Crippen LogP contribution is 2.05. The number of unbranched alkanes of at least 4 members (excludes halogenated alkanes) is 2. The Morgan fingerprint density at radius 3 is 2.46 bits per heavy atom. The van der Waals surface area contributed by atoms with Gasteiger partial charge in [-0.2, -0.15) is 0 Å². The van der Waals surface area contributed by atoms with Gasteiger partial charge in [-0.15, -0.1) is 0 Å². The molecule has 0 aliphatic rings. The number of Topliss-reactive ketones (excluding diaryl/α,β-unsaturated/α-hetero) is 1. The summed E-state index contributed by atoms with van der Waals surface area (Å²) in [6, 6.07) is 0. The molecule has 0 radical (unpaired) electrons. The third-order valence-electron chi connectivity index (χ3n) is 1.90. The molecule has 0 rings (SSSR count). The van der Waals surface area contributed by atoms with E-state index in [4.69, 9.17) is 0 Å². The molecule has 0 bridgehead atoms. The molecule has 0 aromatic carbocycles. The smallest absolute Gasteiger partial charge is 0.171 e. The molecule has 0 saturated carbocycles. The van der Waals surface area contributed by atoms with E-state index in [0.29, 0.717) is 6.42 Å². The van der Waals surface area contributed by atoms with Crippen LogP contribution >= 0.6 is 0 Å². The van der Waals surface area contributed by atoms with Crippen LogP contribution in [0.3, 0.4) is 0 Å². The molecule has 0 aliphatic heterocycles. The quantitative estimate of drug-likeness (QED) is 0.571. The summed E-state index contributed by atoms with van der Waals surface area (Å²) >= 11 is 0. The number of carbonyl (C=O) groups excluding carboxylic acids is 1. The maximum atomic E-state index is 13.1. The van der Waals surface area contributed by atoms with Crippen molar-refractivity contribution in [2.45, 2.75) is 38.8 Å². The predicted molar refractivity (Wildman–Crippen MR) is 52.6 cm³/mol. The molecular formula is C10H20FNO. The lowest BCUT2D eigenvalue weighted by atomic mass is 10.1. The number of hydrogen-bond donors (Lipinski definition) is 0. The van der Waals surface area contributed by atoms with E-state index in [2.05, 4.69) is 6.92 Å². The molecular weight excluding hydrogens is 169 g/mol. The monoisotopic (exact) mass is 189 g/mol. The van der Waals surface area contributed by atoms with Crippen molar-refractivity contribution < 1.29 is 9.18 Å². The number of alkyl halides is 1. The average molecular weight is 189 g/mol. The Balaban J connectivity index is 3.57. The number of nitrogens with zero attached hydrogens (tertiary/aromatic N) is 1. The summed E-state index contributed by atoms with van der Waals surface area (Å²) in [5.74, 6) is -0.248. The molecule has 0 saturated heterocycles. The number of ketones is 1. The highest BCUT2D eigenvalue weighted by Gasteiger charge is 2.16. The fraction of sp³-hybridized carbons (Fsp3) is 0.900. The Morgan fingerprint density at radius 1 is 1.38 bits per heavy atom. The van der Waals surface area contributed by atoms with Crippen LogP contribution in [-0.4, -0.2) is 37.5 Å². The summed E-state index contributed by atoms with van der Waals surface area (Å²) in [5.41, 5.74) is 0. The topological polar surface area (TPSA) is 20.3 Å². The van der Waals surface area contributed by atoms with Gasteiger partial charge in [0.2, 0.25) is 0 Å². The van der Waals surface area contributed by atoms with Crippen LogP contribution in [0.5, 0.6) is 0 Å². The first kappa shape index (κ1) is 12.6. The summed E-state index contributed by atoms with van der Waals surface area (Å²) < 4.78 is 13.1. The zero-order chi connectivity index (χ0) is 10.3. The standard InChI is InChI=1S/C10H20FNO/c1-4-5-6-7-10(13)9(11)8-12(2)3/h9H,4-8H2,1-3H3. The molecule has 0 aromatic rings. The molecule has 0 N–H and O–H groups in total. The van der Waals surface area contributed by atoms with E-state index in [1.54, 1.807) is 19.0 Å². The number of carbonyl (C=O) groups is 1. The summed E-state index contributed by atoms with van der Waals surface area (Å²) in [4.78, 5) is 12.8. The van der Waals surface area contributed by atoms with Crippen molar-refractivity contribution in [3.05, 3.63) is 0 Å². The number of halogens is 1. The van der Waals surface area contributed by atoms with Crippen LogP contribution in [0.2, 0.25) is 0 Å². The minimum absolute atomic E-state index is 0.213. The van der Waals surface area contributed by atoms with Crippen LogP contribution in [0.1, 0.15) is 32.6 Å². The Hall–Kier alpha value is -0.440. The van der Waals surface area contributed by atoms with Crippen LogP contribution in [0, 0.1) is 0 Å². The van der Waals surface area contributed by atoms with Gasteiger partial charge in [0.25, 0.3) is 0 Å². The van der Waals surface area contributed by atoms with Crippen molar-refractivity contribution in [3.63, 3.8) is 0 Å². The van der Waals surface area contributed by atoms with E-state index in [9.17, 15) is 9.18 Å². The normalized spacial score (nSPS) is 13.3. The molecule has 1 atom stereocenters. The molecule has 0 amide bonds. The van der Waals surface area contributed by atoms with Crippen molar-refractivity contribution in [2.75, 3.05) is 20.6 Å². The lowest BCUT2D eigenvalue weighted by molar-refractivity contribution is -0.124. The molecule has 0 aliphatic carbocycles. The maximum Gasteiger partial charge on any atom is 0.171 e. The Bertz CT molecular complexity index is 148. The molecule has 78 valence electrons. The van der Waals surface area contributed by atoms with Crippen molar-refractivity contribution >= 4 is 5.78 Å². The maximum absolute atomic E-state index is 13.1. The fourth-order valence-electron chi connectivity index (χ4n) is 1.13. The van der Waals surface area contributed by atoms with Crippen molar-refractivity contribution in [1.82, 2.24) is 4.90 Å². The first-order chi connectivity index (χ1) is 6.07. The summed E-state index contributed by atoms with van der Waals surface area (Å²) in [6.45, 7) is 2.28. The average Bonchev–Trinajstić information content (AvgIpc) is 2.03. The van der Waals surface area contributed by atoms with Crippen molar-refractivity contribution in [3.8, 4) is 0 Å². The van der Waals surface area contributed by atoms with E-state index in [1.807, 2.05) is 0 Å². The lowest BCUT2D eigenvalue weighted by Crippen LogP contribution is -2.29. The van der Waals surface area contributed by atoms with Gasteiger partial charge in [-0.25, -0.2) is 4.39 Å². The molecule has 0 aromatic heterocycles. The van der Waals surface area contributed by atoms with Gasteiger partial charge < -0.3 is 4.90 Å². The molecule has 13 heavy (non-hydrogen) atoms. The van der Waals surface area contributed by atoms with Gasteiger partial charge in [-0.1, -0.05) is 19.8 Å². The molecule has 0 spiro atoms. The van der Waals surface area contributed by atoms with Gasteiger partial charge in [0.15, 0.2) is 12.0 Å². The highest BCUT2D eigenvalue weighted by molar-refractivity contribution is 5.83. The van der Waals surface area contributed by atoms with Gasteiger partial charge in [0.1, 0.15) is 0 Å². The molecule has 3 heteroatoms. The number of rotatable bonds is 7. The zero-order valence-electron chi connectivity index (χ0n) is 8.85. The molecule has 0 fully saturated rings. The second-order valence-corrected chi connectivity index (χ2v) is 3.65. The van der Waals surface area contributed by atoms with Gasteiger partial charge in [-0.05, 0) is 20.5 Å². The molecule has 1 unspecified atom stereocenters. The van der Waals surface area contributed by atoms with Crippen LogP contribution in [0.25, 0.3) is 0 Å². The lowest BCUT2D eigenvalue weighted by Gasteiger charge is -2.12. The van der Waals surface area contributed by atoms with Crippen LogP contribution in [-0.2, 0) is 4.79 Å². The predicted octanol–water partition coefficient (Wildman–Crippen LogP) is 2.04. The largest absolute Gasteiger partial charge is 0.306 e. The second kappa shape index (κ2) is 7.01. The third-order valence-corrected chi connectivity index (χ3v) is 1.90. The SMILES string of the molecule is CCCCCC(=O)C(F)CN(C)C. The number of hydrogen-bond acceptors (Lipinski definition) is 2. The minimum Gasteiger partial charge on any atom is -0.306 e. The van der Waals surface area contributed by atoms with Crippen LogP contribution in [0.15, 0.2) is 0 Å². The van der Waals surface area contributed by atoms with Gasteiger partial charge >= 0.3 is 0 Å². The van der Waals surface area contributed by atoms with Crippen LogP contribution < -0.4 is 0 Å². The summed E-state index contributed by atoms with van der Waals surface area (Å²) in [6.07, 6.45) is 2.00. The Kier molecular flexibility index (Phi) is 6.77. The van der Waals surface area contributed by atoms with E-state index < -0.39 is 6.17 Å². The summed E-state index contributed by atoms with van der Waals surface area (Å²) in [7, 11) is 3.54. The van der Waals surface area contributed by atoms with Gasteiger partial charge in [0.05, 0.1) is 0 Å².